The van der Waals surface area contributed by atoms with E-state index < -0.39 is 11.8 Å². The molecular weight excluding hydrogens is 588 g/mol. The molecule has 0 saturated carbocycles. The Morgan fingerprint density at radius 3 is 2.40 bits per heavy atom. The van der Waals surface area contributed by atoms with E-state index in [2.05, 4.69) is 24.3 Å². The van der Waals surface area contributed by atoms with Crippen molar-refractivity contribution in [2.75, 3.05) is 0 Å². The minimum Gasteiger partial charge on any atom is -0.489 e. The van der Waals surface area contributed by atoms with Crippen LogP contribution in [0, 0.1) is 11.3 Å². The number of ether oxygens (including phenoxy) is 1. The maximum absolute atomic E-state index is 13.8. The molecule has 2 amide bonds. The van der Waals surface area contributed by atoms with Gasteiger partial charge < -0.3 is 9.15 Å². The van der Waals surface area contributed by atoms with E-state index in [1.54, 1.807) is 29.8 Å². The highest BCUT2D eigenvalue weighted by atomic mass is 16.5. The normalized spacial score (nSPS) is 14.2. The van der Waals surface area contributed by atoms with Crippen molar-refractivity contribution in [3.05, 3.63) is 155 Å². The first-order valence-electron chi connectivity index (χ1n) is 15.1. The monoisotopic (exact) mass is 616 g/mol. The van der Waals surface area contributed by atoms with Gasteiger partial charge in [-0.15, -0.1) is 0 Å². The van der Waals surface area contributed by atoms with Gasteiger partial charge in [0, 0.05) is 22.9 Å². The van der Waals surface area contributed by atoms with E-state index in [-0.39, 0.29) is 17.7 Å². The summed E-state index contributed by atoms with van der Waals surface area (Å²) in [6.07, 6.45) is 5.01. The molecule has 0 radical (unpaired) electrons. The van der Waals surface area contributed by atoms with Crippen molar-refractivity contribution in [1.82, 2.24) is 14.7 Å². The van der Waals surface area contributed by atoms with E-state index in [0.29, 0.717) is 34.9 Å². The molecule has 47 heavy (non-hydrogen) atoms. The molecule has 8 heteroatoms. The van der Waals surface area contributed by atoms with E-state index >= 15 is 0 Å². The second-order valence-corrected chi connectivity index (χ2v) is 11.1. The average Bonchev–Trinajstić information content (AvgIpc) is 3.79. The molecule has 2 aromatic heterocycles. The number of para-hydroxylation sites is 1. The molecule has 6 aromatic rings. The van der Waals surface area contributed by atoms with E-state index in [1.807, 2.05) is 85.1 Å². The number of carbonyl (C=O) groups excluding carboxylic acids is 2. The lowest BCUT2D eigenvalue weighted by atomic mass is 9.93. The van der Waals surface area contributed by atoms with Gasteiger partial charge in [0.25, 0.3) is 11.8 Å². The zero-order valence-corrected chi connectivity index (χ0v) is 25.5. The third-order valence-corrected chi connectivity index (χ3v) is 8.18. The Labute approximate surface area is 271 Å². The lowest BCUT2D eigenvalue weighted by Gasteiger charge is -2.26. The summed E-state index contributed by atoms with van der Waals surface area (Å²) < 4.78 is 13.3. The Morgan fingerprint density at radius 1 is 0.872 bits per heavy atom. The van der Waals surface area contributed by atoms with Crippen molar-refractivity contribution in [3.63, 3.8) is 0 Å². The number of benzene rings is 4. The van der Waals surface area contributed by atoms with Crippen LogP contribution < -0.4 is 4.74 Å². The van der Waals surface area contributed by atoms with E-state index in [9.17, 15) is 14.9 Å². The molecule has 7 rings (SSSR count). The number of hydrogen-bond acceptors (Lipinski definition) is 6. The number of furan rings is 1. The van der Waals surface area contributed by atoms with E-state index in [4.69, 9.17) is 14.3 Å². The van der Waals surface area contributed by atoms with Crippen molar-refractivity contribution < 1.29 is 18.7 Å². The molecule has 8 nitrogen and oxygen atoms in total. The second kappa shape index (κ2) is 12.5. The molecule has 0 aliphatic carbocycles. The van der Waals surface area contributed by atoms with E-state index in [1.165, 1.54) is 6.26 Å². The van der Waals surface area contributed by atoms with Crippen molar-refractivity contribution in [2.24, 2.45) is 0 Å². The molecule has 4 aromatic carbocycles. The Kier molecular flexibility index (Phi) is 7.78. The van der Waals surface area contributed by atoms with Gasteiger partial charge in [-0.25, -0.2) is 4.68 Å². The summed E-state index contributed by atoms with van der Waals surface area (Å²) in [5.41, 5.74) is 4.46. The van der Waals surface area contributed by atoms with Crippen LogP contribution in [-0.2, 0) is 22.7 Å². The van der Waals surface area contributed by atoms with Crippen LogP contribution in [0.2, 0.25) is 0 Å². The minimum atomic E-state index is -0.650. The summed E-state index contributed by atoms with van der Waals surface area (Å²) in [6, 6.07) is 37.1. The number of nitrogens with zero attached hydrogens (tertiary/aromatic N) is 4. The molecule has 1 aliphatic rings. The fraction of sp³-hybridized carbons (Fsp3) is 0.0769. The summed E-state index contributed by atoms with van der Waals surface area (Å²) >= 11 is 0. The van der Waals surface area contributed by atoms with Gasteiger partial charge in [-0.2, -0.15) is 10.4 Å². The van der Waals surface area contributed by atoms with Crippen LogP contribution in [0.4, 0.5) is 0 Å². The number of hydrogen-bond donors (Lipinski definition) is 0. The average molecular weight is 617 g/mol. The molecule has 228 valence electrons. The van der Waals surface area contributed by atoms with Crippen molar-refractivity contribution in [1.29, 1.82) is 5.26 Å². The predicted octanol–water partition coefficient (Wildman–Crippen LogP) is 7.66. The van der Waals surface area contributed by atoms with Gasteiger partial charge in [-0.3, -0.25) is 14.5 Å². The SMILES string of the molecule is CC1=C(C#N)C(=O)N(Cc2ccco2)C(=O)/C1=C/c1cn(-c2ccccc2)nc1-c1ccc(OCc2cccc3ccccc23)cc1. The lowest BCUT2D eigenvalue weighted by Crippen LogP contribution is -2.42. The largest absolute Gasteiger partial charge is 0.489 e. The van der Waals surface area contributed by atoms with Gasteiger partial charge in [0.15, 0.2) is 0 Å². The Bertz CT molecular complexity index is 2220. The molecule has 0 N–H and O–H groups in total. The molecule has 0 unspecified atom stereocenters. The number of rotatable bonds is 8. The number of aromatic nitrogens is 2. The highest BCUT2D eigenvalue weighted by molar-refractivity contribution is 6.19. The van der Waals surface area contributed by atoms with Crippen LogP contribution in [0.1, 0.15) is 23.8 Å². The Hall–Kier alpha value is -6.46. The summed E-state index contributed by atoms with van der Waals surface area (Å²) in [5, 5.41) is 17.1. The molecule has 1 aliphatic heterocycles. The molecule has 0 atom stereocenters. The van der Waals surface area contributed by atoms with Gasteiger partial charge in [-0.1, -0.05) is 60.7 Å². The van der Waals surface area contributed by atoms with Crippen LogP contribution in [0.5, 0.6) is 5.75 Å². The first-order chi connectivity index (χ1) is 23.0. The number of carbonyl (C=O) groups is 2. The van der Waals surface area contributed by atoms with Gasteiger partial charge in [0.1, 0.15) is 29.8 Å². The van der Waals surface area contributed by atoms with Gasteiger partial charge in [0.05, 0.1) is 24.2 Å². The maximum atomic E-state index is 13.8. The number of nitriles is 1. The molecule has 3 heterocycles. The summed E-state index contributed by atoms with van der Waals surface area (Å²) in [6.45, 7) is 1.95. The van der Waals surface area contributed by atoms with E-state index in [0.717, 1.165) is 32.5 Å². The van der Waals surface area contributed by atoms with Gasteiger partial charge >= 0.3 is 0 Å². The third-order valence-electron chi connectivity index (χ3n) is 8.18. The van der Waals surface area contributed by atoms with Crippen LogP contribution in [-0.4, -0.2) is 26.5 Å². The molecule has 0 saturated heterocycles. The molecular formula is C39H28N4O4. The topological polar surface area (TPSA) is 101 Å². The lowest BCUT2D eigenvalue weighted by molar-refractivity contribution is -0.141. The highest BCUT2D eigenvalue weighted by Gasteiger charge is 2.36. The number of amides is 2. The second-order valence-electron chi connectivity index (χ2n) is 11.1. The fourth-order valence-electron chi connectivity index (χ4n) is 5.71. The van der Waals surface area contributed by atoms with Crippen LogP contribution >= 0.6 is 0 Å². The minimum absolute atomic E-state index is 0.0865. The smallest absolute Gasteiger partial charge is 0.272 e. The maximum Gasteiger partial charge on any atom is 0.272 e. The standard InChI is InChI=1S/C39H28N4O4/c1-26-35(38(44)42(39(45)36(26)22-40)24-33-14-8-20-46-33)21-30-23-43(31-12-3-2-4-13-31)41-37(30)28-16-18-32(19-17-28)47-25-29-11-7-10-27-9-5-6-15-34(27)29/h2-21,23H,24-25H2,1H3/b35-21+. The molecule has 0 bridgehead atoms. The summed E-state index contributed by atoms with van der Waals surface area (Å²) in [7, 11) is 0. The zero-order chi connectivity index (χ0) is 32.3. The zero-order valence-electron chi connectivity index (χ0n) is 25.5. The number of imide groups is 1. The Balaban J connectivity index is 1.24. The Morgan fingerprint density at radius 2 is 1.64 bits per heavy atom. The fourth-order valence-corrected chi connectivity index (χ4v) is 5.71. The van der Waals surface area contributed by atoms with Crippen LogP contribution in [0.3, 0.4) is 0 Å². The quantitative estimate of drug-likeness (QED) is 0.129. The first kappa shape index (κ1) is 29.3. The molecule has 0 spiro atoms. The predicted molar refractivity (Wildman–Crippen MR) is 178 cm³/mol. The summed E-state index contributed by atoms with van der Waals surface area (Å²) in [5.74, 6) is -0.0272. The van der Waals surface area contributed by atoms with Crippen LogP contribution in [0.15, 0.2) is 143 Å². The van der Waals surface area contributed by atoms with Crippen molar-refractivity contribution in [3.8, 4) is 28.8 Å². The van der Waals surface area contributed by atoms with Gasteiger partial charge in [0.2, 0.25) is 0 Å². The third kappa shape index (κ3) is 5.74. The first-order valence-corrected chi connectivity index (χ1v) is 15.1. The highest BCUT2D eigenvalue weighted by Crippen LogP contribution is 2.33. The summed E-state index contributed by atoms with van der Waals surface area (Å²) in [4.78, 5) is 28.0. The number of fused-ring (bicyclic) bond motifs is 1. The van der Waals surface area contributed by atoms with Crippen LogP contribution in [0.25, 0.3) is 33.8 Å². The van der Waals surface area contributed by atoms with Crippen molar-refractivity contribution >= 4 is 28.7 Å². The van der Waals surface area contributed by atoms with Crippen molar-refractivity contribution in [2.45, 2.75) is 20.1 Å². The van der Waals surface area contributed by atoms with Gasteiger partial charge in [-0.05, 0) is 83.4 Å². The molecule has 0 fully saturated rings.